The molecule has 0 saturated carbocycles. The van der Waals surface area contributed by atoms with Gasteiger partial charge in [0.15, 0.2) is 5.96 Å². The molecule has 0 bridgehead atoms. The second-order valence-electron chi connectivity index (χ2n) is 4.09. The Bertz CT molecular complexity index is 455. The molecule has 0 aliphatic carbocycles. The minimum absolute atomic E-state index is 0. The van der Waals surface area contributed by atoms with Crippen molar-refractivity contribution in [2.24, 2.45) is 4.99 Å². The van der Waals surface area contributed by atoms with Crippen LogP contribution < -0.4 is 15.4 Å². The molecule has 0 saturated heterocycles. The van der Waals surface area contributed by atoms with Gasteiger partial charge in [-0.2, -0.15) is 13.2 Å². The Balaban J connectivity index is 0.00000441. The fourth-order valence-corrected chi connectivity index (χ4v) is 1.54. The van der Waals surface area contributed by atoms with E-state index in [0.29, 0.717) is 29.9 Å². The van der Waals surface area contributed by atoms with Crippen molar-refractivity contribution in [3.05, 3.63) is 29.3 Å². The maximum absolute atomic E-state index is 12.0. The minimum Gasteiger partial charge on any atom is -0.492 e. The Morgan fingerprint density at radius 2 is 1.77 bits per heavy atom. The topological polar surface area (TPSA) is 45.7 Å². The maximum atomic E-state index is 12.0. The summed E-state index contributed by atoms with van der Waals surface area (Å²) >= 11 is 5.74. The van der Waals surface area contributed by atoms with Gasteiger partial charge in [0, 0.05) is 18.6 Å². The monoisotopic (exact) mass is 451 g/mol. The lowest BCUT2D eigenvalue weighted by atomic mass is 10.3. The van der Waals surface area contributed by atoms with Crippen LogP contribution >= 0.6 is 35.6 Å². The van der Waals surface area contributed by atoms with Gasteiger partial charge in [0.2, 0.25) is 0 Å². The van der Waals surface area contributed by atoms with Crippen molar-refractivity contribution in [2.75, 3.05) is 26.7 Å². The van der Waals surface area contributed by atoms with Gasteiger partial charge in [-0.3, -0.25) is 4.99 Å². The third-order valence-electron chi connectivity index (χ3n) is 2.40. The molecule has 1 aromatic rings. The van der Waals surface area contributed by atoms with Gasteiger partial charge in [-0.25, -0.2) is 0 Å². The van der Waals surface area contributed by atoms with Crippen molar-refractivity contribution >= 4 is 41.5 Å². The molecule has 0 spiro atoms. The number of rotatable bonds is 6. The van der Waals surface area contributed by atoms with E-state index in [-0.39, 0.29) is 30.5 Å². The van der Waals surface area contributed by atoms with Crippen molar-refractivity contribution in [1.29, 1.82) is 0 Å². The van der Waals surface area contributed by atoms with E-state index in [9.17, 15) is 13.2 Å². The zero-order valence-corrected chi connectivity index (χ0v) is 15.0. The predicted molar refractivity (Wildman–Crippen MR) is 92.4 cm³/mol. The Kier molecular flexibility index (Phi) is 10.3. The normalized spacial score (nSPS) is 11.6. The lowest BCUT2D eigenvalue weighted by molar-refractivity contribution is -0.132. The highest BCUT2D eigenvalue weighted by atomic mass is 127. The van der Waals surface area contributed by atoms with E-state index in [1.165, 1.54) is 7.05 Å². The summed E-state index contributed by atoms with van der Waals surface area (Å²) in [7, 11) is 1.49. The number of aliphatic imine (C=N–C) groups is 1. The summed E-state index contributed by atoms with van der Waals surface area (Å²) in [6, 6.07) is 6.89. The van der Waals surface area contributed by atoms with Gasteiger partial charge in [-0.05, 0) is 24.3 Å². The smallest absolute Gasteiger partial charge is 0.390 e. The second-order valence-corrected chi connectivity index (χ2v) is 4.53. The van der Waals surface area contributed by atoms with Crippen LogP contribution in [0.2, 0.25) is 5.02 Å². The molecule has 0 heterocycles. The van der Waals surface area contributed by atoms with E-state index in [2.05, 4.69) is 15.6 Å². The van der Waals surface area contributed by atoms with Crippen molar-refractivity contribution in [1.82, 2.24) is 10.6 Å². The van der Waals surface area contributed by atoms with Gasteiger partial charge in [0.1, 0.15) is 12.4 Å². The molecule has 2 N–H and O–H groups in total. The summed E-state index contributed by atoms with van der Waals surface area (Å²) in [4.78, 5) is 3.82. The minimum atomic E-state index is -4.18. The van der Waals surface area contributed by atoms with Gasteiger partial charge < -0.3 is 15.4 Å². The molecule has 0 amide bonds. The van der Waals surface area contributed by atoms with E-state index in [0.717, 1.165) is 0 Å². The van der Waals surface area contributed by atoms with E-state index >= 15 is 0 Å². The zero-order chi connectivity index (χ0) is 15.7. The summed E-state index contributed by atoms with van der Waals surface area (Å²) in [6.07, 6.45) is -5.08. The number of nitrogens with zero attached hydrogens (tertiary/aromatic N) is 1. The number of ether oxygens (including phenoxy) is 1. The molecule has 0 aliphatic heterocycles. The second kappa shape index (κ2) is 10.8. The molecular weight excluding hydrogens is 434 g/mol. The Labute approximate surface area is 149 Å². The number of nitrogens with one attached hydrogen (secondary N) is 2. The standard InChI is InChI=1S/C13H17ClF3N3O.HI/c1-18-12(19-7-6-13(15,16)17)20-8-9-21-11-4-2-10(14)3-5-11;/h2-5H,6-9H2,1H3,(H2,18,19,20);1H. The first kappa shape index (κ1) is 21.1. The van der Waals surface area contributed by atoms with Crippen LogP contribution in [-0.2, 0) is 0 Å². The van der Waals surface area contributed by atoms with Crippen molar-refractivity contribution in [3.8, 4) is 5.75 Å². The van der Waals surface area contributed by atoms with Crippen LogP contribution in [0.4, 0.5) is 13.2 Å². The van der Waals surface area contributed by atoms with Crippen LogP contribution in [0.3, 0.4) is 0 Å². The number of hydrogen-bond acceptors (Lipinski definition) is 2. The molecule has 126 valence electrons. The Morgan fingerprint density at radius 1 is 1.18 bits per heavy atom. The van der Waals surface area contributed by atoms with Crippen LogP contribution in [0.5, 0.6) is 5.75 Å². The third kappa shape index (κ3) is 9.93. The molecule has 0 fully saturated rings. The van der Waals surface area contributed by atoms with Crippen LogP contribution in [0.1, 0.15) is 6.42 Å². The molecule has 0 atom stereocenters. The van der Waals surface area contributed by atoms with Gasteiger partial charge in [-0.1, -0.05) is 11.6 Å². The van der Waals surface area contributed by atoms with Crippen LogP contribution in [-0.4, -0.2) is 38.9 Å². The number of benzene rings is 1. The number of hydrogen-bond donors (Lipinski definition) is 2. The van der Waals surface area contributed by atoms with Crippen molar-refractivity contribution < 1.29 is 17.9 Å². The summed E-state index contributed by atoms with van der Waals surface area (Å²) in [5.74, 6) is 0.972. The van der Waals surface area contributed by atoms with E-state index in [1.807, 2.05) is 0 Å². The largest absolute Gasteiger partial charge is 0.492 e. The predicted octanol–water partition coefficient (Wildman–Crippen LogP) is 3.45. The Hall–Kier alpha value is -0.900. The summed E-state index contributed by atoms with van der Waals surface area (Å²) < 4.78 is 41.4. The summed E-state index contributed by atoms with van der Waals surface area (Å²) in [5.41, 5.74) is 0. The van der Waals surface area contributed by atoms with Gasteiger partial charge >= 0.3 is 6.18 Å². The highest BCUT2D eigenvalue weighted by molar-refractivity contribution is 14.0. The van der Waals surface area contributed by atoms with E-state index in [4.69, 9.17) is 16.3 Å². The molecule has 0 aliphatic rings. The van der Waals surface area contributed by atoms with E-state index < -0.39 is 12.6 Å². The summed E-state index contributed by atoms with van der Waals surface area (Å²) in [5, 5.41) is 6.06. The SMILES string of the molecule is CN=C(NCCOc1ccc(Cl)cc1)NCCC(F)(F)F.I. The highest BCUT2D eigenvalue weighted by Crippen LogP contribution is 2.18. The molecule has 22 heavy (non-hydrogen) atoms. The molecule has 1 rings (SSSR count). The number of halogens is 5. The maximum Gasteiger partial charge on any atom is 0.390 e. The highest BCUT2D eigenvalue weighted by Gasteiger charge is 2.26. The average molecular weight is 452 g/mol. The van der Waals surface area contributed by atoms with Crippen molar-refractivity contribution in [2.45, 2.75) is 12.6 Å². The van der Waals surface area contributed by atoms with Crippen molar-refractivity contribution in [3.63, 3.8) is 0 Å². The molecule has 0 unspecified atom stereocenters. The van der Waals surface area contributed by atoms with E-state index in [1.54, 1.807) is 24.3 Å². The molecule has 9 heteroatoms. The Morgan fingerprint density at radius 3 is 2.32 bits per heavy atom. The first-order valence-electron chi connectivity index (χ1n) is 6.30. The average Bonchev–Trinajstić information content (AvgIpc) is 2.42. The van der Waals surface area contributed by atoms with Gasteiger partial charge in [0.25, 0.3) is 0 Å². The summed E-state index contributed by atoms with van der Waals surface area (Å²) in [6.45, 7) is 0.539. The molecule has 0 aromatic heterocycles. The first-order chi connectivity index (χ1) is 9.90. The molecule has 0 radical (unpaired) electrons. The lowest BCUT2D eigenvalue weighted by Gasteiger charge is -2.13. The zero-order valence-electron chi connectivity index (χ0n) is 11.9. The third-order valence-corrected chi connectivity index (χ3v) is 2.65. The first-order valence-corrected chi connectivity index (χ1v) is 6.68. The van der Waals surface area contributed by atoms with Gasteiger partial charge in [0.05, 0.1) is 13.0 Å². The molecule has 1 aromatic carbocycles. The number of alkyl halides is 3. The lowest BCUT2D eigenvalue weighted by Crippen LogP contribution is -2.40. The van der Waals surface area contributed by atoms with Crippen LogP contribution in [0.15, 0.2) is 29.3 Å². The van der Waals surface area contributed by atoms with Crippen LogP contribution in [0, 0.1) is 0 Å². The fraction of sp³-hybridized carbons (Fsp3) is 0.462. The van der Waals surface area contributed by atoms with Gasteiger partial charge in [-0.15, -0.1) is 24.0 Å². The quantitative estimate of drug-likeness (QED) is 0.301. The van der Waals surface area contributed by atoms with Crippen LogP contribution in [0.25, 0.3) is 0 Å². The number of guanidine groups is 1. The molecule has 4 nitrogen and oxygen atoms in total. The fourth-order valence-electron chi connectivity index (χ4n) is 1.41. The molecular formula is C13H18ClF3IN3O.